The summed E-state index contributed by atoms with van der Waals surface area (Å²) in [5, 5.41) is 2.71. The molecule has 1 aromatic rings. The average molecular weight is 244 g/mol. The van der Waals surface area contributed by atoms with Crippen LogP contribution in [0.3, 0.4) is 0 Å². The summed E-state index contributed by atoms with van der Waals surface area (Å²) in [5.41, 5.74) is 0.458. The van der Waals surface area contributed by atoms with Crippen molar-refractivity contribution in [3.63, 3.8) is 0 Å². The van der Waals surface area contributed by atoms with Gasteiger partial charge in [0.25, 0.3) is 10.0 Å². The molecule has 1 atom stereocenters. The van der Waals surface area contributed by atoms with E-state index in [1.54, 1.807) is 12.1 Å². The highest BCUT2D eigenvalue weighted by Gasteiger charge is 2.21. The van der Waals surface area contributed by atoms with Crippen LogP contribution in [0.5, 0.6) is 0 Å². The van der Waals surface area contributed by atoms with E-state index in [-0.39, 0.29) is 4.90 Å². The number of hydrogen-bond acceptors (Lipinski definition) is 4. The molecular formula is C8H8N2O3S2. The highest BCUT2D eigenvalue weighted by Crippen LogP contribution is 2.27. The molecule has 1 heterocycles. The molecule has 7 heteroatoms. The Morgan fingerprint density at radius 3 is 2.80 bits per heavy atom. The normalized spacial score (nSPS) is 19.0. The molecule has 1 aliphatic heterocycles. The quantitative estimate of drug-likeness (QED) is 0.783. The summed E-state index contributed by atoms with van der Waals surface area (Å²) in [7, 11) is -4.83. The maximum absolute atomic E-state index is 11.5. The SMILES string of the molecule is CS(=O)c1ccc2c(c1)S(=O)(=O)N=CN2. The smallest absolute Gasteiger partial charge is 0.285 e. The van der Waals surface area contributed by atoms with Gasteiger partial charge in [0.05, 0.1) is 5.69 Å². The van der Waals surface area contributed by atoms with Gasteiger partial charge in [-0.05, 0) is 18.2 Å². The van der Waals surface area contributed by atoms with Gasteiger partial charge < -0.3 is 5.32 Å². The first kappa shape index (κ1) is 10.3. The minimum atomic E-state index is -3.63. The standard InChI is InChI=1S/C8H8N2O3S2/c1-14(11)6-2-3-7-8(4-6)15(12,13)10-5-9-7/h2-5H,1H3,(H,9,10). The zero-order chi connectivity index (χ0) is 11.1. The lowest BCUT2D eigenvalue weighted by Gasteiger charge is -2.12. The first-order valence-electron chi connectivity index (χ1n) is 4.03. The van der Waals surface area contributed by atoms with Gasteiger partial charge >= 0.3 is 0 Å². The molecule has 0 radical (unpaired) electrons. The second-order valence-corrected chi connectivity index (χ2v) is 5.95. The van der Waals surface area contributed by atoms with Crippen LogP contribution in [-0.2, 0) is 20.8 Å². The van der Waals surface area contributed by atoms with Crippen molar-refractivity contribution in [3.05, 3.63) is 18.2 Å². The molecule has 1 unspecified atom stereocenters. The Balaban J connectivity index is 2.68. The van der Waals surface area contributed by atoms with Crippen molar-refractivity contribution in [1.82, 2.24) is 0 Å². The highest BCUT2D eigenvalue weighted by molar-refractivity contribution is 7.90. The molecule has 1 aromatic carbocycles. The van der Waals surface area contributed by atoms with Crippen molar-refractivity contribution in [2.45, 2.75) is 9.79 Å². The Bertz CT molecular complexity index is 563. The van der Waals surface area contributed by atoms with Gasteiger partial charge in [-0.15, -0.1) is 4.40 Å². The lowest BCUT2D eigenvalue weighted by atomic mass is 10.3. The Morgan fingerprint density at radius 2 is 2.13 bits per heavy atom. The molecule has 0 amide bonds. The van der Waals surface area contributed by atoms with E-state index in [4.69, 9.17) is 0 Å². The number of rotatable bonds is 1. The summed E-state index contributed by atoms with van der Waals surface area (Å²) in [6.45, 7) is 0. The fourth-order valence-electron chi connectivity index (χ4n) is 1.24. The van der Waals surface area contributed by atoms with Crippen LogP contribution in [0, 0.1) is 0 Å². The third kappa shape index (κ3) is 1.80. The molecule has 0 spiro atoms. The Hall–Kier alpha value is -1.21. The van der Waals surface area contributed by atoms with Gasteiger partial charge in [0.15, 0.2) is 0 Å². The van der Waals surface area contributed by atoms with Crippen LogP contribution < -0.4 is 5.32 Å². The monoisotopic (exact) mass is 244 g/mol. The number of sulfonamides is 1. The van der Waals surface area contributed by atoms with Gasteiger partial charge in [-0.2, -0.15) is 8.42 Å². The van der Waals surface area contributed by atoms with Crippen molar-refractivity contribution < 1.29 is 12.6 Å². The molecule has 5 nitrogen and oxygen atoms in total. The molecule has 15 heavy (non-hydrogen) atoms. The number of benzene rings is 1. The third-order valence-electron chi connectivity index (χ3n) is 1.97. The molecule has 0 fully saturated rings. The van der Waals surface area contributed by atoms with E-state index in [1.165, 1.54) is 12.3 Å². The van der Waals surface area contributed by atoms with E-state index in [0.29, 0.717) is 10.6 Å². The molecule has 80 valence electrons. The summed E-state index contributed by atoms with van der Waals surface area (Å²) >= 11 is 0. The fraction of sp³-hybridized carbons (Fsp3) is 0.125. The van der Waals surface area contributed by atoms with E-state index in [0.717, 1.165) is 6.34 Å². The topological polar surface area (TPSA) is 75.6 Å². The number of hydrogen-bond donors (Lipinski definition) is 1. The third-order valence-corrected chi connectivity index (χ3v) is 4.17. The summed E-state index contributed by atoms with van der Waals surface area (Å²) in [6.07, 6.45) is 2.62. The largest absolute Gasteiger partial charge is 0.345 e. The van der Waals surface area contributed by atoms with E-state index in [1.807, 2.05) is 0 Å². The molecule has 1 aliphatic rings. The van der Waals surface area contributed by atoms with Crippen molar-refractivity contribution in [2.24, 2.45) is 4.40 Å². The Labute approximate surface area is 89.7 Å². The second-order valence-electron chi connectivity index (χ2n) is 2.97. The van der Waals surface area contributed by atoms with Gasteiger partial charge in [0.2, 0.25) is 0 Å². The first-order valence-corrected chi connectivity index (χ1v) is 7.03. The Kier molecular flexibility index (Phi) is 2.35. The fourth-order valence-corrected chi connectivity index (χ4v) is 2.84. The number of nitrogens with one attached hydrogen (secondary N) is 1. The minimum Gasteiger partial charge on any atom is -0.345 e. The van der Waals surface area contributed by atoms with Crippen molar-refractivity contribution in [1.29, 1.82) is 0 Å². The number of fused-ring (bicyclic) bond motifs is 1. The van der Waals surface area contributed by atoms with Crippen LogP contribution in [0.15, 0.2) is 32.4 Å². The predicted molar refractivity (Wildman–Crippen MR) is 58.1 cm³/mol. The highest BCUT2D eigenvalue weighted by atomic mass is 32.2. The molecule has 0 aliphatic carbocycles. The Morgan fingerprint density at radius 1 is 1.40 bits per heavy atom. The summed E-state index contributed by atoms with van der Waals surface area (Å²) in [6, 6.07) is 4.58. The second kappa shape index (κ2) is 3.42. The summed E-state index contributed by atoms with van der Waals surface area (Å²) in [5.74, 6) is 0. The van der Waals surface area contributed by atoms with Gasteiger partial charge in [-0.25, -0.2) is 0 Å². The summed E-state index contributed by atoms with van der Waals surface area (Å²) in [4.78, 5) is 0.536. The van der Waals surface area contributed by atoms with Crippen LogP contribution in [-0.4, -0.2) is 25.2 Å². The maximum atomic E-state index is 11.5. The maximum Gasteiger partial charge on any atom is 0.285 e. The lowest BCUT2D eigenvalue weighted by molar-refractivity contribution is 0.598. The molecular weight excluding hydrogens is 236 g/mol. The molecule has 2 rings (SSSR count). The van der Waals surface area contributed by atoms with Crippen LogP contribution in [0.1, 0.15) is 0 Å². The van der Waals surface area contributed by atoms with E-state index in [9.17, 15) is 12.6 Å². The average Bonchev–Trinajstić information content (AvgIpc) is 2.17. The number of anilines is 1. The van der Waals surface area contributed by atoms with Crippen molar-refractivity contribution >= 4 is 32.8 Å². The van der Waals surface area contributed by atoms with Crippen LogP contribution in [0.2, 0.25) is 0 Å². The first-order chi connectivity index (χ1) is 7.00. The van der Waals surface area contributed by atoms with Crippen molar-refractivity contribution in [3.8, 4) is 0 Å². The lowest BCUT2D eigenvalue weighted by Crippen LogP contribution is -2.11. The predicted octanol–water partition coefficient (Wildman–Crippen LogP) is 0.567. The number of nitrogens with zero attached hydrogens (tertiary/aromatic N) is 1. The van der Waals surface area contributed by atoms with Crippen LogP contribution >= 0.6 is 0 Å². The van der Waals surface area contributed by atoms with Gasteiger partial charge in [0.1, 0.15) is 11.2 Å². The molecule has 0 saturated heterocycles. The molecule has 1 N–H and O–H groups in total. The van der Waals surface area contributed by atoms with E-state index in [2.05, 4.69) is 9.71 Å². The van der Waals surface area contributed by atoms with Crippen molar-refractivity contribution in [2.75, 3.05) is 11.6 Å². The molecule has 0 aromatic heterocycles. The minimum absolute atomic E-state index is 0.0673. The zero-order valence-corrected chi connectivity index (χ0v) is 9.43. The van der Waals surface area contributed by atoms with E-state index < -0.39 is 20.8 Å². The van der Waals surface area contributed by atoms with E-state index >= 15 is 0 Å². The molecule has 0 saturated carbocycles. The van der Waals surface area contributed by atoms with Gasteiger partial charge in [-0.3, -0.25) is 4.21 Å². The summed E-state index contributed by atoms with van der Waals surface area (Å²) < 4.78 is 37.6. The van der Waals surface area contributed by atoms with Gasteiger partial charge in [-0.1, -0.05) is 0 Å². The molecule has 0 bridgehead atoms. The van der Waals surface area contributed by atoms with Gasteiger partial charge in [0, 0.05) is 22.0 Å². The van der Waals surface area contributed by atoms with Crippen LogP contribution in [0.4, 0.5) is 5.69 Å². The van der Waals surface area contributed by atoms with Crippen LogP contribution in [0.25, 0.3) is 0 Å². The zero-order valence-electron chi connectivity index (χ0n) is 7.80.